The van der Waals surface area contributed by atoms with Crippen molar-refractivity contribution in [3.05, 3.63) is 22.6 Å². The molecular weight excluding hydrogens is 166 g/mol. The van der Waals surface area contributed by atoms with E-state index in [9.17, 15) is 10.2 Å². The number of nitrogens with one attached hydrogen (secondary N) is 1. The van der Waals surface area contributed by atoms with E-state index in [-0.39, 0.29) is 11.8 Å². The number of hydrogen-bond acceptors (Lipinski definition) is 2. The van der Waals surface area contributed by atoms with Crippen LogP contribution in [0, 0.1) is 0 Å². The number of rotatable bonds is 0. The molecule has 0 aliphatic heterocycles. The first kappa shape index (κ1) is 7.73. The largest absolute Gasteiger partial charge is 0.494 e. The van der Waals surface area contributed by atoms with E-state index in [2.05, 4.69) is 18.1 Å². The minimum Gasteiger partial charge on any atom is -0.494 e. The van der Waals surface area contributed by atoms with Crippen molar-refractivity contribution >= 4 is 23.9 Å². The summed E-state index contributed by atoms with van der Waals surface area (Å²) in [4.78, 5) is 2.43. The molecule has 0 aliphatic carbocycles. The highest BCUT2D eigenvalue weighted by Gasteiger charge is 2.09. The minimum atomic E-state index is -0.0667. The molecule has 0 radical (unpaired) electrons. The summed E-state index contributed by atoms with van der Waals surface area (Å²) in [5, 5.41) is 21.2. The number of H-pyrrole nitrogens is 1. The van der Waals surface area contributed by atoms with Crippen molar-refractivity contribution in [3.63, 3.8) is 0 Å². The third-order valence-corrected chi connectivity index (χ3v) is 2.09. The number of aromatic nitrogens is 1. The molecule has 0 amide bonds. The maximum Gasteiger partial charge on any atom is 0.199 e. The van der Waals surface area contributed by atoms with Gasteiger partial charge >= 0.3 is 0 Å². The summed E-state index contributed by atoms with van der Waals surface area (Å²) >= 11 is 0. The fourth-order valence-corrected chi connectivity index (χ4v) is 1.47. The Balaban J connectivity index is 3.22. The van der Waals surface area contributed by atoms with Gasteiger partial charge in [-0.1, -0.05) is 25.3 Å². The molecule has 66 valence electrons. The molecule has 13 heavy (non-hydrogen) atoms. The van der Waals surface area contributed by atoms with E-state index in [1.807, 2.05) is 0 Å². The topological polar surface area (TPSA) is 56.2 Å². The van der Waals surface area contributed by atoms with Gasteiger partial charge in [0.1, 0.15) is 0 Å². The predicted octanol–water partition coefficient (Wildman–Crippen LogP) is 0.400. The molecule has 0 atom stereocenters. The predicted molar refractivity (Wildman–Crippen MR) is 51.9 cm³/mol. The molecule has 1 aromatic carbocycles. The molecule has 1 heterocycles. The fraction of sp³-hybridized carbons (Fsp3) is 0. The summed E-state index contributed by atoms with van der Waals surface area (Å²) in [6.07, 6.45) is 0. The van der Waals surface area contributed by atoms with Crippen molar-refractivity contribution in [2.45, 2.75) is 0 Å². The molecule has 1 aromatic heterocycles. The van der Waals surface area contributed by atoms with Crippen molar-refractivity contribution in [3.8, 4) is 11.8 Å². The van der Waals surface area contributed by atoms with Crippen LogP contribution in [0.15, 0.2) is 12.1 Å². The molecule has 0 saturated heterocycles. The molecule has 0 fully saturated rings. The van der Waals surface area contributed by atoms with Crippen LogP contribution in [0.3, 0.4) is 0 Å². The summed E-state index contributed by atoms with van der Waals surface area (Å²) in [6, 6.07) is 3.50. The number of aromatic hydroxyl groups is 2. The number of benzene rings is 1. The molecule has 2 rings (SSSR count). The van der Waals surface area contributed by atoms with Crippen LogP contribution >= 0.6 is 0 Å². The lowest BCUT2D eigenvalue weighted by molar-refractivity contribution is 0.429. The Morgan fingerprint density at radius 2 is 1.31 bits per heavy atom. The molecule has 0 aliphatic rings. The van der Waals surface area contributed by atoms with Gasteiger partial charge in [0.25, 0.3) is 0 Å². The third kappa shape index (κ3) is 0.902. The first-order valence-corrected chi connectivity index (χ1v) is 3.82. The molecule has 3 heteroatoms. The Kier molecular flexibility index (Phi) is 1.36. The standard InChI is InChI=1S/C10H9NO2/c1-5-3-4-6(2)8-7(5)9(12)11-10(8)13/h3-4,11-13H,1-2H2. The summed E-state index contributed by atoms with van der Waals surface area (Å²) in [7, 11) is 0. The second kappa shape index (κ2) is 2.29. The van der Waals surface area contributed by atoms with Crippen LogP contribution in [0.4, 0.5) is 0 Å². The molecule has 3 N–H and O–H groups in total. The Bertz CT molecular complexity index is 519. The van der Waals surface area contributed by atoms with Gasteiger partial charge in [-0.2, -0.15) is 0 Å². The summed E-state index contributed by atoms with van der Waals surface area (Å²) < 4.78 is 0. The van der Waals surface area contributed by atoms with E-state index < -0.39 is 0 Å². The van der Waals surface area contributed by atoms with Crippen molar-refractivity contribution < 1.29 is 10.2 Å². The van der Waals surface area contributed by atoms with Gasteiger partial charge in [0.15, 0.2) is 11.8 Å². The van der Waals surface area contributed by atoms with Gasteiger partial charge in [-0.3, -0.25) is 4.98 Å². The molecule has 0 bridgehead atoms. The third-order valence-electron chi connectivity index (χ3n) is 2.09. The summed E-state index contributed by atoms with van der Waals surface area (Å²) in [5.41, 5.74) is 0. The first-order valence-electron chi connectivity index (χ1n) is 3.82. The van der Waals surface area contributed by atoms with Crippen molar-refractivity contribution in [2.24, 2.45) is 0 Å². The van der Waals surface area contributed by atoms with E-state index in [0.717, 1.165) is 0 Å². The Hall–Kier alpha value is -1.90. The van der Waals surface area contributed by atoms with Gasteiger partial charge in [0.2, 0.25) is 0 Å². The van der Waals surface area contributed by atoms with Gasteiger partial charge in [0.05, 0.1) is 10.8 Å². The van der Waals surface area contributed by atoms with E-state index >= 15 is 0 Å². The van der Waals surface area contributed by atoms with Crippen LogP contribution < -0.4 is 10.4 Å². The van der Waals surface area contributed by atoms with Crippen LogP contribution in [0.25, 0.3) is 23.9 Å². The first-order chi connectivity index (χ1) is 6.11. The van der Waals surface area contributed by atoms with Gasteiger partial charge in [-0.25, -0.2) is 0 Å². The van der Waals surface area contributed by atoms with E-state index in [0.29, 0.717) is 21.2 Å². The van der Waals surface area contributed by atoms with Gasteiger partial charge in [0, 0.05) is 0 Å². The quantitative estimate of drug-likeness (QED) is 0.543. The summed E-state index contributed by atoms with van der Waals surface area (Å²) in [5.74, 6) is -0.133. The van der Waals surface area contributed by atoms with Gasteiger partial charge in [-0.15, -0.1) is 0 Å². The second-order valence-corrected chi connectivity index (χ2v) is 2.96. The molecule has 0 unspecified atom stereocenters. The van der Waals surface area contributed by atoms with Gasteiger partial charge in [-0.05, 0) is 10.4 Å². The minimum absolute atomic E-state index is 0.0667. The summed E-state index contributed by atoms with van der Waals surface area (Å²) in [6.45, 7) is 7.49. The van der Waals surface area contributed by atoms with Crippen LogP contribution in [-0.4, -0.2) is 15.2 Å². The Morgan fingerprint density at radius 1 is 0.923 bits per heavy atom. The smallest absolute Gasteiger partial charge is 0.199 e. The highest BCUT2D eigenvalue weighted by molar-refractivity contribution is 5.93. The zero-order valence-electron chi connectivity index (χ0n) is 6.96. The fourth-order valence-electron chi connectivity index (χ4n) is 1.47. The average Bonchev–Trinajstić information content (AvgIpc) is 2.36. The number of fused-ring (bicyclic) bond motifs is 1. The van der Waals surface area contributed by atoms with E-state index in [4.69, 9.17) is 0 Å². The molecule has 0 spiro atoms. The van der Waals surface area contributed by atoms with Crippen molar-refractivity contribution in [2.75, 3.05) is 0 Å². The van der Waals surface area contributed by atoms with Crippen LogP contribution in [-0.2, 0) is 0 Å². The average molecular weight is 175 g/mol. The number of aromatic amines is 1. The van der Waals surface area contributed by atoms with Crippen LogP contribution in [0.2, 0.25) is 0 Å². The molecule has 2 aromatic rings. The lowest BCUT2D eigenvalue weighted by atomic mass is 10.1. The Morgan fingerprint density at radius 3 is 1.69 bits per heavy atom. The maximum atomic E-state index is 9.41. The van der Waals surface area contributed by atoms with E-state index in [1.165, 1.54) is 0 Å². The SMILES string of the molecule is C=c1ccc(=C)c2c(O)[nH]c(O)c12. The highest BCUT2D eigenvalue weighted by Crippen LogP contribution is 2.25. The zero-order valence-corrected chi connectivity index (χ0v) is 6.96. The van der Waals surface area contributed by atoms with Crippen molar-refractivity contribution in [1.82, 2.24) is 4.98 Å². The molecule has 0 saturated carbocycles. The van der Waals surface area contributed by atoms with Crippen molar-refractivity contribution in [1.29, 1.82) is 0 Å². The highest BCUT2D eigenvalue weighted by atomic mass is 16.3. The lowest BCUT2D eigenvalue weighted by Gasteiger charge is -1.91. The monoisotopic (exact) mass is 175 g/mol. The zero-order chi connectivity index (χ0) is 9.59. The maximum absolute atomic E-state index is 9.41. The normalized spacial score (nSPS) is 10.8. The van der Waals surface area contributed by atoms with Crippen LogP contribution in [0.1, 0.15) is 0 Å². The molecular formula is C10H9NO2. The van der Waals surface area contributed by atoms with Crippen LogP contribution in [0.5, 0.6) is 11.8 Å². The van der Waals surface area contributed by atoms with Gasteiger partial charge < -0.3 is 10.2 Å². The second-order valence-electron chi connectivity index (χ2n) is 2.96. The lowest BCUT2D eigenvalue weighted by Crippen LogP contribution is -2.06. The molecule has 3 nitrogen and oxygen atoms in total. The Labute approximate surface area is 74.3 Å². The van der Waals surface area contributed by atoms with E-state index in [1.54, 1.807) is 12.1 Å². The number of hydrogen-bond donors (Lipinski definition) is 3.